The van der Waals surface area contributed by atoms with Gasteiger partial charge in [0.15, 0.2) is 0 Å². The first kappa shape index (κ1) is 15.0. The van der Waals surface area contributed by atoms with Crippen LogP contribution in [-0.2, 0) is 10.2 Å². The lowest BCUT2D eigenvalue weighted by Gasteiger charge is -2.21. The summed E-state index contributed by atoms with van der Waals surface area (Å²) >= 11 is 1.52. The summed E-state index contributed by atoms with van der Waals surface area (Å²) in [6, 6.07) is 7.12. The molecule has 1 aromatic heterocycles. The fraction of sp³-hybridized carbons (Fsp3) is 0.308. The van der Waals surface area contributed by atoms with Crippen LogP contribution in [0.5, 0.6) is 0 Å². The monoisotopic (exact) mass is 311 g/mol. The Morgan fingerprint density at radius 3 is 2.70 bits per heavy atom. The summed E-state index contributed by atoms with van der Waals surface area (Å²) in [6.07, 6.45) is 1.73. The zero-order valence-corrected chi connectivity index (χ0v) is 13.2. The maximum Gasteiger partial charge on any atom is 0.301 e. The van der Waals surface area contributed by atoms with E-state index in [4.69, 9.17) is 0 Å². The highest BCUT2D eigenvalue weighted by Gasteiger charge is 2.20. The molecule has 0 bridgehead atoms. The number of nitrogens with zero attached hydrogens (tertiary/aromatic N) is 2. The third-order valence-electron chi connectivity index (χ3n) is 2.90. The van der Waals surface area contributed by atoms with Gasteiger partial charge in [-0.2, -0.15) is 12.7 Å². The molecule has 0 fully saturated rings. The molecule has 1 heterocycles. The fourth-order valence-corrected chi connectivity index (χ4v) is 3.34. The minimum absolute atomic E-state index is 0.102. The van der Waals surface area contributed by atoms with Crippen LogP contribution >= 0.6 is 11.3 Å². The SMILES string of the molecule is CC(C)N(C)S(=O)(=O)Nc1cccc(-c2nccs2)c1. The van der Waals surface area contributed by atoms with Crippen LogP contribution in [0.15, 0.2) is 35.8 Å². The number of aromatic nitrogens is 1. The van der Waals surface area contributed by atoms with Gasteiger partial charge < -0.3 is 0 Å². The second kappa shape index (κ2) is 5.90. The van der Waals surface area contributed by atoms with Crippen molar-refractivity contribution in [3.05, 3.63) is 35.8 Å². The van der Waals surface area contributed by atoms with Crippen LogP contribution in [0.25, 0.3) is 10.6 Å². The molecule has 0 spiro atoms. The van der Waals surface area contributed by atoms with Crippen LogP contribution in [-0.4, -0.2) is 30.8 Å². The summed E-state index contributed by atoms with van der Waals surface area (Å²) in [7, 11) is -1.98. The van der Waals surface area contributed by atoms with Crippen molar-refractivity contribution in [3.8, 4) is 10.6 Å². The van der Waals surface area contributed by atoms with Crippen molar-refractivity contribution in [1.82, 2.24) is 9.29 Å². The van der Waals surface area contributed by atoms with Gasteiger partial charge >= 0.3 is 10.2 Å². The minimum Gasteiger partial charge on any atom is -0.271 e. The zero-order valence-electron chi connectivity index (χ0n) is 11.6. The summed E-state index contributed by atoms with van der Waals surface area (Å²) in [5.41, 5.74) is 1.43. The molecule has 0 amide bonds. The maximum atomic E-state index is 12.1. The van der Waals surface area contributed by atoms with E-state index in [9.17, 15) is 8.42 Å². The molecular formula is C13H17N3O2S2. The number of anilines is 1. The molecule has 20 heavy (non-hydrogen) atoms. The van der Waals surface area contributed by atoms with E-state index in [0.717, 1.165) is 10.6 Å². The smallest absolute Gasteiger partial charge is 0.271 e. The summed E-state index contributed by atoms with van der Waals surface area (Å²) < 4.78 is 28.2. The van der Waals surface area contributed by atoms with E-state index in [2.05, 4.69) is 9.71 Å². The third kappa shape index (κ3) is 3.36. The van der Waals surface area contributed by atoms with Gasteiger partial charge in [-0.1, -0.05) is 12.1 Å². The Bertz CT molecular complexity index is 667. The molecule has 2 aromatic rings. The van der Waals surface area contributed by atoms with E-state index >= 15 is 0 Å². The second-order valence-electron chi connectivity index (χ2n) is 4.64. The van der Waals surface area contributed by atoms with Crippen molar-refractivity contribution in [2.45, 2.75) is 19.9 Å². The normalized spacial score (nSPS) is 12.1. The molecule has 0 saturated carbocycles. The van der Waals surface area contributed by atoms with Crippen molar-refractivity contribution in [1.29, 1.82) is 0 Å². The van der Waals surface area contributed by atoms with E-state index < -0.39 is 10.2 Å². The average Bonchev–Trinajstić information content (AvgIpc) is 2.91. The van der Waals surface area contributed by atoms with Crippen LogP contribution in [0.1, 0.15) is 13.8 Å². The molecule has 108 valence electrons. The predicted molar refractivity (Wildman–Crippen MR) is 83.0 cm³/mol. The second-order valence-corrected chi connectivity index (χ2v) is 7.26. The number of hydrogen-bond donors (Lipinski definition) is 1. The molecule has 1 aromatic carbocycles. The van der Waals surface area contributed by atoms with Gasteiger partial charge in [0.2, 0.25) is 0 Å². The molecule has 0 aliphatic carbocycles. The van der Waals surface area contributed by atoms with Crippen molar-refractivity contribution in [2.75, 3.05) is 11.8 Å². The molecule has 5 nitrogen and oxygen atoms in total. The highest BCUT2D eigenvalue weighted by Crippen LogP contribution is 2.25. The molecule has 0 aliphatic rings. The molecule has 0 aliphatic heterocycles. The van der Waals surface area contributed by atoms with Crippen LogP contribution in [0.3, 0.4) is 0 Å². The summed E-state index contributed by atoms with van der Waals surface area (Å²) in [6.45, 7) is 3.65. The van der Waals surface area contributed by atoms with Crippen molar-refractivity contribution in [3.63, 3.8) is 0 Å². The third-order valence-corrected chi connectivity index (χ3v) is 5.39. The van der Waals surface area contributed by atoms with Gasteiger partial charge in [0.05, 0.1) is 5.69 Å². The average molecular weight is 311 g/mol. The minimum atomic E-state index is -3.53. The van der Waals surface area contributed by atoms with Crippen molar-refractivity contribution < 1.29 is 8.42 Å². The Balaban J connectivity index is 2.25. The predicted octanol–water partition coefficient (Wildman–Crippen LogP) is 2.81. The topological polar surface area (TPSA) is 62.3 Å². The van der Waals surface area contributed by atoms with E-state index in [0.29, 0.717) is 5.69 Å². The van der Waals surface area contributed by atoms with Crippen LogP contribution < -0.4 is 4.72 Å². The fourth-order valence-electron chi connectivity index (χ4n) is 1.58. The summed E-state index contributed by atoms with van der Waals surface area (Å²) in [5.74, 6) is 0. The summed E-state index contributed by atoms with van der Waals surface area (Å²) in [5, 5.41) is 2.75. The molecule has 0 atom stereocenters. The maximum absolute atomic E-state index is 12.1. The Morgan fingerprint density at radius 1 is 1.35 bits per heavy atom. The van der Waals surface area contributed by atoms with E-state index in [1.807, 2.05) is 31.4 Å². The van der Waals surface area contributed by atoms with Crippen LogP contribution in [0.2, 0.25) is 0 Å². The highest BCUT2D eigenvalue weighted by molar-refractivity contribution is 7.90. The number of thiazole rings is 1. The van der Waals surface area contributed by atoms with Crippen LogP contribution in [0.4, 0.5) is 5.69 Å². The van der Waals surface area contributed by atoms with Gasteiger partial charge in [-0.05, 0) is 26.0 Å². The van der Waals surface area contributed by atoms with Gasteiger partial charge in [-0.3, -0.25) is 4.72 Å². The standard InChI is InChI=1S/C13H17N3O2S2/c1-10(2)16(3)20(17,18)15-12-6-4-5-11(9-12)13-14-7-8-19-13/h4-10,15H,1-3H3. The molecule has 0 radical (unpaired) electrons. The highest BCUT2D eigenvalue weighted by atomic mass is 32.2. The van der Waals surface area contributed by atoms with Crippen LogP contribution in [0, 0.1) is 0 Å². The Kier molecular flexibility index (Phi) is 4.42. The molecule has 0 saturated heterocycles. The summed E-state index contributed by atoms with van der Waals surface area (Å²) in [4.78, 5) is 4.22. The number of nitrogens with one attached hydrogen (secondary N) is 1. The molecule has 0 unspecified atom stereocenters. The van der Waals surface area contributed by atoms with Gasteiger partial charge in [0.25, 0.3) is 0 Å². The first-order chi connectivity index (χ1) is 9.40. The Hall–Kier alpha value is -1.44. The number of rotatable bonds is 5. The van der Waals surface area contributed by atoms with E-state index in [1.165, 1.54) is 15.6 Å². The van der Waals surface area contributed by atoms with Gasteiger partial charge in [-0.25, -0.2) is 4.98 Å². The lowest BCUT2D eigenvalue weighted by molar-refractivity contribution is 0.414. The lowest BCUT2D eigenvalue weighted by Crippen LogP contribution is -2.37. The van der Waals surface area contributed by atoms with E-state index in [-0.39, 0.29) is 6.04 Å². The van der Waals surface area contributed by atoms with Crippen molar-refractivity contribution >= 4 is 27.2 Å². The van der Waals surface area contributed by atoms with Gasteiger partial charge in [-0.15, -0.1) is 11.3 Å². The lowest BCUT2D eigenvalue weighted by atomic mass is 10.2. The van der Waals surface area contributed by atoms with Gasteiger partial charge in [0, 0.05) is 30.2 Å². The Labute approximate surface area is 123 Å². The quantitative estimate of drug-likeness (QED) is 0.923. The van der Waals surface area contributed by atoms with E-state index in [1.54, 1.807) is 25.4 Å². The zero-order chi connectivity index (χ0) is 14.8. The largest absolute Gasteiger partial charge is 0.301 e. The van der Waals surface area contributed by atoms with Crippen molar-refractivity contribution in [2.24, 2.45) is 0 Å². The Morgan fingerprint density at radius 2 is 2.10 bits per heavy atom. The molecule has 1 N–H and O–H groups in total. The first-order valence-corrected chi connectivity index (χ1v) is 8.48. The molecule has 7 heteroatoms. The van der Waals surface area contributed by atoms with Gasteiger partial charge in [0.1, 0.15) is 5.01 Å². The molecular weight excluding hydrogens is 294 g/mol. The first-order valence-electron chi connectivity index (χ1n) is 6.16. The number of benzene rings is 1. The molecule has 2 rings (SSSR count). The number of hydrogen-bond acceptors (Lipinski definition) is 4.